The SMILES string of the molecule is CCC(C)(C)NC(=O)[C@@H]1CC(=O)N(CC2CC2)C1. The zero-order valence-corrected chi connectivity index (χ0v) is 11.7. The first-order chi connectivity index (χ1) is 8.41. The lowest BCUT2D eigenvalue weighted by Crippen LogP contribution is -2.46. The van der Waals surface area contributed by atoms with Crippen LogP contribution in [0.25, 0.3) is 0 Å². The van der Waals surface area contributed by atoms with E-state index >= 15 is 0 Å². The Morgan fingerprint density at radius 3 is 2.67 bits per heavy atom. The van der Waals surface area contributed by atoms with Gasteiger partial charge in [0, 0.05) is 25.0 Å². The lowest BCUT2D eigenvalue weighted by Gasteiger charge is -2.26. The number of amides is 2. The summed E-state index contributed by atoms with van der Waals surface area (Å²) in [5.74, 6) is 0.731. The minimum absolute atomic E-state index is 0.0356. The van der Waals surface area contributed by atoms with Gasteiger partial charge in [-0.15, -0.1) is 0 Å². The van der Waals surface area contributed by atoms with Crippen molar-refractivity contribution in [1.29, 1.82) is 0 Å². The monoisotopic (exact) mass is 252 g/mol. The molecule has 1 aliphatic heterocycles. The van der Waals surface area contributed by atoms with E-state index in [2.05, 4.69) is 12.2 Å². The molecule has 1 atom stereocenters. The van der Waals surface area contributed by atoms with Gasteiger partial charge in [0.25, 0.3) is 0 Å². The summed E-state index contributed by atoms with van der Waals surface area (Å²) in [6.45, 7) is 7.56. The Morgan fingerprint density at radius 2 is 2.11 bits per heavy atom. The molecule has 2 fully saturated rings. The molecule has 1 N–H and O–H groups in total. The zero-order chi connectivity index (χ0) is 13.3. The lowest BCUT2D eigenvalue weighted by atomic mass is 9.99. The van der Waals surface area contributed by atoms with Crippen LogP contribution in [-0.4, -0.2) is 35.3 Å². The summed E-state index contributed by atoms with van der Waals surface area (Å²) < 4.78 is 0. The molecule has 0 spiro atoms. The van der Waals surface area contributed by atoms with Crippen molar-refractivity contribution in [2.24, 2.45) is 11.8 Å². The Morgan fingerprint density at radius 1 is 1.44 bits per heavy atom. The molecule has 1 aliphatic carbocycles. The molecule has 2 aliphatic rings. The highest BCUT2D eigenvalue weighted by atomic mass is 16.2. The van der Waals surface area contributed by atoms with Gasteiger partial charge in [-0.25, -0.2) is 0 Å². The van der Waals surface area contributed by atoms with Crippen molar-refractivity contribution >= 4 is 11.8 Å². The van der Waals surface area contributed by atoms with Crippen LogP contribution < -0.4 is 5.32 Å². The minimum Gasteiger partial charge on any atom is -0.351 e. The van der Waals surface area contributed by atoms with E-state index in [4.69, 9.17) is 0 Å². The Labute approximate surface area is 109 Å². The van der Waals surface area contributed by atoms with Crippen molar-refractivity contribution in [1.82, 2.24) is 10.2 Å². The fourth-order valence-electron chi connectivity index (χ4n) is 2.26. The number of nitrogens with one attached hydrogen (secondary N) is 1. The van der Waals surface area contributed by atoms with Gasteiger partial charge in [-0.2, -0.15) is 0 Å². The normalized spacial score (nSPS) is 24.5. The number of hydrogen-bond donors (Lipinski definition) is 1. The number of carbonyl (C=O) groups excluding carboxylic acids is 2. The molecule has 2 amide bonds. The summed E-state index contributed by atoms with van der Waals surface area (Å²) in [5, 5.41) is 3.04. The zero-order valence-electron chi connectivity index (χ0n) is 11.7. The Hall–Kier alpha value is -1.06. The maximum absolute atomic E-state index is 12.1. The quantitative estimate of drug-likeness (QED) is 0.807. The molecule has 0 aromatic carbocycles. The predicted molar refractivity (Wildman–Crippen MR) is 69.9 cm³/mol. The highest BCUT2D eigenvalue weighted by molar-refractivity contribution is 5.89. The summed E-state index contributed by atoms with van der Waals surface area (Å²) in [6.07, 6.45) is 3.76. The molecule has 1 heterocycles. The van der Waals surface area contributed by atoms with Gasteiger partial charge in [-0.3, -0.25) is 9.59 Å². The van der Waals surface area contributed by atoms with Crippen LogP contribution in [0.15, 0.2) is 0 Å². The van der Waals surface area contributed by atoms with Gasteiger partial charge < -0.3 is 10.2 Å². The molecule has 0 radical (unpaired) electrons. The van der Waals surface area contributed by atoms with Crippen LogP contribution in [0.4, 0.5) is 0 Å². The average Bonchev–Trinajstić information content (AvgIpc) is 3.03. The van der Waals surface area contributed by atoms with Crippen LogP contribution in [0.1, 0.15) is 46.5 Å². The van der Waals surface area contributed by atoms with Crippen molar-refractivity contribution in [3.05, 3.63) is 0 Å². The van der Waals surface area contributed by atoms with Crippen molar-refractivity contribution in [3.8, 4) is 0 Å². The van der Waals surface area contributed by atoms with E-state index in [0.29, 0.717) is 18.9 Å². The summed E-state index contributed by atoms with van der Waals surface area (Å²) in [4.78, 5) is 25.8. The molecule has 4 nitrogen and oxygen atoms in total. The third-order valence-corrected chi connectivity index (χ3v) is 4.11. The molecule has 1 saturated heterocycles. The molecular formula is C14H24N2O2. The van der Waals surface area contributed by atoms with E-state index in [1.807, 2.05) is 18.7 Å². The van der Waals surface area contributed by atoms with Crippen molar-refractivity contribution in [3.63, 3.8) is 0 Å². The molecule has 0 aromatic heterocycles. The highest BCUT2D eigenvalue weighted by Gasteiger charge is 2.38. The smallest absolute Gasteiger partial charge is 0.225 e. The standard InChI is InChI=1S/C14H24N2O2/c1-4-14(2,3)15-13(18)11-7-12(17)16(9-11)8-10-5-6-10/h10-11H,4-9H2,1-3H3,(H,15,18)/t11-/m1/s1. The lowest BCUT2D eigenvalue weighted by molar-refractivity contribution is -0.129. The van der Waals surface area contributed by atoms with Crippen LogP contribution >= 0.6 is 0 Å². The van der Waals surface area contributed by atoms with Crippen LogP contribution in [0.2, 0.25) is 0 Å². The summed E-state index contributed by atoms with van der Waals surface area (Å²) in [5.41, 5.74) is -0.177. The van der Waals surface area contributed by atoms with Gasteiger partial charge in [0.2, 0.25) is 11.8 Å². The second-order valence-corrected chi connectivity index (χ2v) is 6.37. The molecule has 1 saturated carbocycles. The van der Waals surface area contributed by atoms with Crippen molar-refractivity contribution in [2.75, 3.05) is 13.1 Å². The molecular weight excluding hydrogens is 228 g/mol. The van der Waals surface area contributed by atoms with Gasteiger partial charge >= 0.3 is 0 Å². The van der Waals surface area contributed by atoms with Crippen LogP contribution in [-0.2, 0) is 9.59 Å². The van der Waals surface area contributed by atoms with E-state index in [0.717, 1.165) is 13.0 Å². The molecule has 0 unspecified atom stereocenters. The fourth-order valence-corrected chi connectivity index (χ4v) is 2.26. The van der Waals surface area contributed by atoms with E-state index < -0.39 is 0 Å². The van der Waals surface area contributed by atoms with Crippen LogP contribution in [0.3, 0.4) is 0 Å². The maximum Gasteiger partial charge on any atom is 0.225 e. The highest BCUT2D eigenvalue weighted by Crippen LogP contribution is 2.32. The summed E-state index contributed by atoms with van der Waals surface area (Å²) in [7, 11) is 0. The largest absolute Gasteiger partial charge is 0.351 e. The first-order valence-electron chi connectivity index (χ1n) is 7.01. The number of hydrogen-bond acceptors (Lipinski definition) is 2. The van der Waals surface area contributed by atoms with Crippen molar-refractivity contribution < 1.29 is 9.59 Å². The average molecular weight is 252 g/mol. The number of carbonyl (C=O) groups is 2. The summed E-state index contributed by atoms with van der Waals surface area (Å²) >= 11 is 0. The predicted octanol–water partition coefficient (Wildman–Crippen LogP) is 1.55. The third-order valence-electron chi connectivity index (χ3n) is 4.11. The summed E-state index contributed by atoms with van der Waals surface area (Å²) in [6, 6.07) is 0. The van der Waals surface area contributed by atoms with Gasteiger partial charge in [0.15, 0.2) is 0 Å². The van der Waals surface area contributed by atoms with E-state index in [9.17, 15) is 9.59 Å². The van der Waals surface area contributed by atoms with Gasteiger partial charge in [0.05, 0.1) is 5.92 Å². The van der Waals surface area contributed by atoms with Crippen LogP contribution in [0.5, 0.6) is 0 Å². The Kier molecular flexibility index (Phi) is 3.64. The number of likely N-dealkylation sites (tertiary alicyclic amines) is 1. The molecule has 0 aromatic rings. The molecule has 2 rings (SSSR count). The minimum atomic E-state index is -0.177. The number of nitrogens with zero attached hydrogens (tertiary/aromatic N) is 1. The maximum atomic E-state index is 12.1. The molecule has 102 valence electrons. The molecule has 0 bridgehead atoms. The number of rotatable bonds is 5. The first kappa shape index (κ1) is 13.4. The van der Waals surface area contributed by atoms with Gasteiger partial charge in [0.1, 0.15) is 0 Å². The molecule has 4 heteroatoms. The van der Waals surface area contributed by atoms with E-state index in [1.165, 1.54) is 12.8 Å². The Balaban J connectivity index is 1.86. The topological polar surface area (TPSA) is 49.4 Å². The van der Waals surface area contributed by atoms with E-state index in [1.54, 1.807) is 0 Å². The van der Waals surface area contributed by atoms with Gasteiger partial charge in [-0.05, 0) is 39.0 Å². The van der Waals surface area contributed by atoms with E-state index in [-0.39, 0.29) is 23.3 Å². The molecule has 18 heavy (non-hydrogen) atoms. The first-order valence-corrected chi connectivity index (χ1v) is 7.01. The second-order valence-electron chi connectivity index (χ2n) is 6.37. The van der Waals surface area contributed by atoms with Crippen LogP contribution in [0, 0.1) is 11.8 Å². The van der Waals surface area contributed by atoms with Gasteiger partial charge in [-0.1, -0.05) is 6.92 Å². The second kappa shape index (κ2) is 4.90. The third kappa shape index (κ3) is 3.24. The van der Waals surface area contributed by atoms with Crippen molar-refractivity contribution in [2.45, 2.75) is 52.0 Å². The Bertz CT molecular complexity index is 348. The fraction of sp³-hybridized carbons (Fsp3) is 0.857.